The molecule has 0 aliphatic heterocycles. The van der Waals surface area contributed by atoms with Crippen LogP contribution in [0.4, 0.5) is 0 Å². The van der Waals surface area contributed by atoms with Crippen LogP contribution >= 0.6 is 0 Å². The van der Waals surface area contributed by atoms with Crippen molar-refractivity contribution >= 4 is 0 Å². The molecule has 18 heavy (non-hydrogen) atoms. The van der Waals surface area contributed by atoms with E-state index in [9.17, 15) is 5.11 Å². The Hall–Kier alpha value is -0.860. The quantitative estimate of drug-likeness (QED) is 0.890. The maximum Gasteiger partial charge on any atom is 0.0690 e. The Morgan fingerprint density at radius 3 is 2.28 bits per heavy atom. The van der Waals surface area contributed by atoms with Crippen molar-refractivity contribution in [2.24, 2.45) is 0 Å². The minimum atomic E-state index is -0.536. The molecule has 1 aliphatic carbocycles. The van der Waals surface area contributed by atoms with Crippen LogP contribution < -0.4 is 0 Å². The molecule has 0 bridgehead atoms. The molecular weight excluding hydrogens is 224 g/mol. The van der Waals surface area contributed by atoms with E-state index < -0.39 is 5.60 Å². The fraction of sp³-hybridized carbons (Fsp3) is 0.625. The van der Waals surface area contributed by atoms with E-state index >= 15 is 0 Å². The van der Waals surface area contributed by atoms with Gasteiger partial charge in [-0.05, 0) is 56.2 Å². The second-order valence-electron chi connectivity index (χ2n) is 5.71. The normalized spacial score (nSPS) is 28.3. The Labute approximate surface area is 110 Å². The SMILES string of the molecule is COC1CCC(O)(Cc2c(C)cccc2C)CC1. The number of methoxy groups -OCH3 is 1. The molecule has 0 amide bonds. The summed E-state index contributed by atoms with van der Waals surface area (Å²) in [6.45, 7) is 4.26. The van der Waals surface area contributed by atoms with Crippen molar-refractivity contribution in [1.82, 2.24) is 0 Å². The Balaban J connectivity index is 2.09. The minimum Gasteiger partial charge on any atom is -0.390 e. The second kappa shape index (κ2) is 5.41. The monoisotopic (exact) mass is 248 g/mol. The molecule has 0 radical (unpaired) electrons. The lowest BCUT2D eigenvalue weighted by molar-refractivity contribution is -0.0428. The lowest BCUT2D eigenvalue weighted by Gasteiger charge is -2.36. The van der Waals surface area contributed by atoms with Gasteiger partial charge in [-0.3, -0.25) is 0 Å². The molecule has 1 saturated carbocycles. The topological polar surface area (TPSA) is 29.5 Å². The fourth-order valence-corrected chi connectivity index (χ4v) is 3.00. The van der Waals surface area contributed by atoms with Crippen LogP contribution in [0.5, 0.6) is 0 Å². The van der Waals surface area contributed by atoms with Crippen molar-refractivity contribution in [2.75, 3.05) is 7.11 Å². The first-order valence-corrected chi connectivity index (χ1v) is 6.84. The smallest absolute Gasteiger partial charge is 0.0690 e. The molecule has 1 N–H and O–H groups in total. The molecule has 2 heteroatoms. The van der Waals surface area contributed by atoms with Gasteiger partial charge >= 0.3 is 0 Å². The summed E-state index contributed by atoms with van der Waals surface area (Å²) >= 11 is 0. The van der Waals surface area contributed by atoms with E-state index in [1.54, 1.807) is 7.11 Å². The van der Waals surface area contributed by atoms with Gasteiger partial charge in [0.05, 0.1) is 11.7 Å². The van der Waals surface area contributed by atoms with E-state index in [2.05, 4.69) is 32.0 Å². The van der Waals surface area contributed by atoms with Crippen LogP contribution in [0.25, 0.3) is 0 Å². The van der Waals surface area contributed by atoms with Gasteiger partial charge in [0.1, 0.15) is 0 Å². The predicted octanol–water partition coefficient (Wildman–Crippen LogP) is 3.17. The highest BCUT2D eigenvalue weighted by Crippen LogP contribution is 2.33. The number of ether oxygens (including phenoxy) is 1. The summed E-state index contributed by atoms with van der Waals surface area (Å²) in [7, 11) is 1.76. The number of aryl methyl sites for hydroxylation is 2. The maximum absolute atomic E-state index is 10.7. The third-order valence-electron chi connectivity index (χ3n) is 4.35. The van der Waals surface area contributed by atoms with Crippen LogP contribution in [0.3, 0.4) is 0 Å². The third kappa shape index (κ3) is 2.93. The van der Waals surface area contributed by atoms with Gasteiger partial charge in [0.25, 0.3) is 0 Å². The largest absolute Gasteiger partial charge is 0.390 e. The van der Waals surface area contributed by atoms with E-state index in [-0.39, 0.29) is 0 Å². The summed E-state index contributed by atoms with van der Waals surface area (Å²) in [5, 5.41) is 10.7. The molecule has 0 atom stereocenters. The van der Waals surface area contributed by atoms with Gasteiger partial charge in [-0.25, -0.2) is 0 Å². The molecule has 1 aromatic rings. The van der Waals surface area contributed by atoms with Crippen molar-refractivity contribution < 1.29 is 9.84 Å². The third-order valence-corrected chi connectivity index (χ3v) is 4.35. The summed E-state index contributed by atoms with van der Waals surface area (Å²) in [6.07, 6.45) is 4.75. The molecule has 0 heterocycles. The van der Waals surface area contributed by atoms with Crippen LogP contribution in [0.1, 0.15) is 42.4 Å². The molecule has 100 valence electrons. The summed E-state index contributed by atoms with van der Waals surface area (Å²) in [5.41, 5.74) is 3.36. The zero-order chi connectivity index (χ0) is 13.2. The van der Waals surface area contributed by atoms with E-state index in [1.165, 1.54) is 16.7 Å². The summed E-state index contributed by atoms with van der Waals surface area (Å²) < 4.78 is 5.37. The molecule has 2 rings (SSSR count). The minimum absolute atomic E-state index is 0.336. The van der Waals surface area contributed by atoms with Crippen LogP contribution in [-0.2, 0) is 11.2 Å². The number of aliphatic hydroxyl groups is 1. The molecule has 1 aliphatic rings. The lowest BCUT2D eigenvalue weighted by Crippen LogP contribution is -2.38. The first-order chi connectivity index (χ1) is 8.54. The van der Waals surface area contributed by atoms with Crippen LogP contribution in [0, 0.1) is 13.8 Å². The molecule has 0 saturated heterocycles. The lowest BCUT2D eigenvalue weighted by atomic mass is 9.78. The first-order valence-electron chi connectivity index (χ1n) is 6.84. The molecule has 1 fully saturated rings. The zero-order valence-electron chi connectivity index (χ0n) is 11.7. The number of hydrogen-bond donors (Lipinski definition) is 1. The van der Waals surface area contributed by atoms with E-state index in [1.807, 2.05) is 0 Å². The number of hydrogen-bond acceptors (Lipinski definition) is 2. The molecule has 2 nitrogen and oxygen atoms in total. The van der Waals surface area contributed by atoms with Gasteiger partial charge in [0.2, 0.25) is 0 Å². The summed E-state index contributed by atoms with van der Waals surface area (Å²) in [6, 6.07) is 6.35. The predicted molar refractivity (Wildman–Crippen MR) is 73.8 cm³/mol. The van der Waals surface area contributed by atoms with Gasteiger partial charge in [0, 0.05) is 13.5 Å². The van der Waals surface area contributed by atoms with Crippen LogP contribution in [-0.4, -0.2) is 23.9 Å². The highest BCUT2D eigenvalue weighted by Gasteiger charge is 2.33. The Bertz CT molecular complexity index is 383. The van der Waals surface area contributed by atoms with Crippen LogP contribution in [0.15, 0.2) is 18.2 Å². The fourth-order valence-electron chi connectivity index (χ4n) is 3.00. The second-order valence-corrected chi connectivity index (χ2v) is 5.71. The Kier molecular flexibility index (Phi) is 4.08. The highest BCUT2D eigenvalue weighted by atomic mass is 16.5. The summed E-state index contributed by atoms with van der Waals surface area (Å²) in [4.78, 5) is 0. The standard InChI is InChI=1S/C16H24O2/c1-12-5-4-6-13(2)15(12)11-16(17)9-7-14(18-3)8-10-16/h4-6,14,17H,7-11H2,1-3H3. The van der Waals surface area contributed by atoms with Crippen molar-refractivity contribution in [3.05, 3.63) is 34.9 Å². The van der Waals surface area contributed by atoms with Crippen molar-refractivity contribution in [3.8, 4) is 0 Å². The number of rotatable bonds is 3. The average Bonchev–Trinajstić information content (AvgIpc) is 2.35. The molecule has 1 aromatic carbocycles. The van der Waals surface area contributed by atoms with E-state index in [4.69, 9.17) is 4.74 Å². The zero-order valence-corrected chi connectivity index (χ0v) is 11.7. The first kappa shape index (κ1) is 13.6. The maximum atomic E-state index is 10.7. The molecule has 0 unspecified atom stereocenters. The van der Waals surface area contributed by atoms with Gasteiger partial charge in [-0.2, -0.15) is 0 Å². The van der Waals surface area contributed by atoms with Gasteiger partial charge in [-0.1, -0.05) is 18.2 Å². The van der Waals surface area contributed by atoms with Crippen molar-refractivity contribution in [1.29, 1.82) is 0 Å². The Morgan fingerprint density at radius 1 is 1.22 bits per heavy atom. The van der Waals surface area contributed by atoms with E-state index in [0.717, 1.165) is 32.1 Å². The molecule has 0 aromatic heterocycles. The van der Waals surface area contributed by atoms with Gasteiger partial charge in [-0.15, -0.1) is 0 Å². The van der Waals surface area contributed by atoms with Crippen molar-refractivity contribution in [3.63, 3.8) is 0 Å². The van der Waals surface area contributed by atoms with E-state index in [0.29, 0.717) is 6.10 Å². The number of benzene rings is 1. The van der Waals surface area contributed by atoms with Gasteiger partial charge < -0.3 is 9.84 Å². The van der Waals surface area contributed by atoms with Crippen LogP contribution in [0.2, 0.25) is 0 Å². The average molecular weight is 248 g/mol. The molecule has 0 spiro atoms. The highest BCUT2D eigenvalue weighted by molar-refractivity contribution is 5.34. The summed E-state index contributed by atoms with van der Waals surface area (Å²) in [5.74, 6) is 0. The molecular formula is C16H24O2. The van der Waals surface area contributed by atoms with Gasteiger partial charge in [0.15, 0.2) is 0 Å². The Morgan fingerprint density at radius 2 is 1.78 bits per heavy atom. The van der Waals surface area contributed by atoms with Crippen molar-refractivity contribution in [2.45, 2.75) is 57.7 Å².